The van der Waals surface area contributed by atoms with Gasteiger partial charge < -0.3 is 5.32 Å². The molecule has 1 aliphatic heterocycles. The van der Waals surface area contributed by atoms with Crippen LogP contribution in [-0.4, -0.2) is 13.1 Å². The van der Waals surface area contributed by atoms with E-state index < -0.39 is 11.6 Å². The first-order valence-electron chi connectivity index (χ1n) is 5.34. The molecule has 1 heterocycles. The van der Waals surface area contributed by atoms with Crippen LogP contribution in [0.4, 0.5) is 8.78 Å². The molecule has 1 N–H and O–H groups in total. The summed E-state index contributed by atoms with van der Waals surface area (Å²) in [6.45, 7) is 3.91. The van der Waals surface area contributed by atoms with E-state index in [4.69, 9.17) is 0 Å². The zero-order chi connectivity index (χ0) is 10.8. The molecule has 1 aliphatic rings. The van der Waals surface area contributed by atoms with Crippen molar-refractivity contribution in [2.24, 2.45) is 5.92 Å². The van der Waals surface area contributed by atoms with Crippen molar-refractivity contribution in [3.8, 4) is 0 Å². The van der Waals surface area contributed by atoms with E-state index in [0.29, 0.717) is 11.5 Å². The van der Waals surface area contributed by atoms with Gasteiger partial charge in [-0.2, -0.15) is 0 Å². The van der Waals surface area contributed by atoms with E-state index in [2.05, 4.69) is 12.2 Å². The molecule has 1 saturated heterocycles. The Morgan fingerprint density at radius 3 is 2.69 bits per heavy atom. The summed E-state index contributed by atoms with van der Waals surface area (Å²) < 4.78 is 26.3. The van der Waals surface area contributed by atoms with E-state index in [1.54, 1.807) is 6.07 Å². The second-order valence-electron chi connectivity index (χ2n) is 4.24. The maximum absolute atomic E-state index is 13.5. The van der Waals surface area contributed by atoms with Gasteiger partial charge in [-0.1, -0.05) is 13.0 Å². The van der Waals surface area contributed by atoms with Crippen LogP contribution >= 0.6 is 12.4 Å². The van der Waals surface area contributed by atoms with Crippen molar-refractivity contribution in [3.05, 3.63) is 35.4 Å². The normalized spacial score (nSPS) is 24.9. The van der Waals surface area contributed by atoms with Crippen LogP contribution in [0.1, 0.15) is 24.8 Å². The van der Waals surface area contributed by atoms with Gasteiger partial charge in [0.1, 0.15) is 11.6 Å². The minimum absolute atomic E-state index is 0. The molecule has 2 atom stereocenters. The highest BCUT2D eigenvalue weighted by atomic mass is 35.5. The van der Waals surface area contributed by atoms with Crippen LogP contribution in [0.25, 0.3) is 0 Å². The third-order valence-electron chi connectivity index (χ3n) is 3.15. The van der Waals surface area contributed by atoms with Crippen LogP contribution in [0, 0.1) is 17.6 Å². The summed E-state index contributed by atoms with van der Waals surface area (Å²) in [6.07, 6.45) is 0.920. The second kappa shape index (κ2) is 5.60. The quantitative estimate of drug-likeness (QED) is 0.804. The van der Waals surface area contributed by atoms with E-state index in [-0.39, 0.29) is 18.3 Å². The summed E-state index contributed by atoms with van der Waals surface area (Å²) in [5.74, 6) is -0.294. The summed E-state index contributed by atoms with van der Waals surface area (Å²) >= 11 is 0. The van der Waals surface area contributed by atoms with Gasteiger partial charge in [-0.05, 0) is 43.0 Å². The average molecular weight is 248 g/mol. The van der Waals surface area contributed by atoms with Crippen molar-refractivity contribution in [2.45, 2.75) is 19.3 Å². The first-order chi connectivity index (χ1) is 7.18. The SMILES string of the molecule is C[C@H]1CNCC[C@H]1c1ccc(F)cc1F.Cl. The van der Waals surface area contributed by atoms with Crippen LogP contribution in [-0.2, 0) is 0 Å². The lowest BCUT2D eigenvalue weighted by molar-refractivity contribution is 0.341. The third kappa shape index (κ3) is 2.71. The molecule has 0 saturated carbocycles. The minimum Gasteiger partial charge on any atom is -0.316 e. The fraction of sp³-hybridized carbons (Fsp3) is 0.500. The number of halogens is 3. The fourth-order valence-corrected chi connectivity index (χ4v) is 2.28. The predicted octanol–water partition coefficient (Wildman–Crippen LogP) is 3.10. The van der Waals surface area contributed by atoms with Gasteiger partial charge in [0.15, 0.2) is 0 Å². The molecule has 0 amide bonds. The van der Waals surface area contributed by atoms with E-state index in [9.17, 15) is 8.78 Å². The molecule has 2 rings (SSSR count). The van der Waals surface area contributed by atoms with Crippen LogP contribution in [0.15, 0.2) is 18.2 Å². The third-order valence-corrected chi connectivity index (χ3v) is 3.15. The molecule has 0 spiro atoms. The maximum atomic E-state index is 13.5. The van der Waals surface area contributed by atoms with E-state index in [0.717, 1.165) is 25.6 Å². The van der Waals surface area contributed by atoms with Gasteiger partial charge in [-0.3, -0.25) is 0 Å². The number of benzene rings is 1. The van der Waals surface area contributed by atoms with Gasteiger partial charge in [0.25, 0.3) is 0 Å². The van der Waals surface area contributed by atoms with Crippen LogP contribution in [0.2, 0.25) is 0 Å². The number of rotatable bonds is 1. The van der Waals surface area contributed by atoms with E-state index >= 15 is 0 Å². The highest BCUT2D eigenvalue weighted by Crippen LogP contribution is 2.31. The molecule has 1 aromatic carbocycles. The monoisotopic (exact) mass is 247 g/mol. The summed E-state index contributed by atoms with van der Waals surface area (Å²) in [6, 6.07) is 3.90. The number of piperidine rings is 1. The highest BCUT2D eigenvalue weighted by molar-refractivity contribution is 5.85. The van der Waals surface area contributed by atoms with Gasteiger partial charge in [0.05, 0.1) is 0 Å². The van der Waals surface area contributed by atoms with Crippen LogP contribution in [0.5, 0.6) is 0 Å². The summed E-state index contributed by atoms with van der Waals surface area (Å²) in [5.41, 5.74) is 0.658. The van der Waals surface area contributed by atoms with Gasteiger partial charge in [0.2, 0.25) is 0 Å². The Hall–Kier alpha value is -0.670. The number of hydrogen-bond acceptors (Lipinski definition) is 1. The Balaban J connectivity index is 0.00000128. The van der Waals surface area contributed by atoms with Crippen molar-refractivity contribution in [1.82, 2.24) is 5.32 Å². The molecule has 90 valence electrons. The number of hydrogen-bond donors (Lipinski definition) is 1. The summed E-state index contributed by atoms with van der Waals surface area (Å²) in [7, 11) is 0. The molecular weight excluding hydrogens is 232 g/mol. The average Bonchev–Trinajstić information content (AvgIpc) is 2.20. The molecule has 1 nitrogen and oxygen atoms in total. The minimum atomic E-state index is -0.502. The highest BCUT2D eigenvalue weighted by Gasteiger charge is 2.24. The van der Waals surface area contributed by atoms with Crippen LogP contribution in [0.3, 0.4) is 0 Å². The molecule has 0 aromatic heterocycles. The molecule has 0 unspecified atom stereocenters. The zero-order valence-corrected chi connectivity index (χ0v) is 9.99. The maximum Gasteiger partial charge on any atom is 0.129 e. The van der Waals surface area contributed by atoms with Gasteiger partial charge in [-0.15, -0.1) is 12.4 Å². The van der Waals surface area contributed by atoms with Gasteiger partial charge >= 0.3 is 0 Å². The van der Waals surface area contributed by atoms with Crippen molar-refractivity contribution in [2.75, 3.05) is 13.1 Å². The summed E-state index contributed by atoms with van der Waals surface area (Å²) in [4.78, 5) is 0. The molecular formula is C12H16ClF2N. The molecule has 0 bridgehead atoms. The lowest BCUT2D eigenvalue weighted by Gasteiger charge is -2.30. The molecule has 0 radical (unpaired) electrons. The molecule has 16 heavy (non-hydrogen) atoms. The lowest BCUT2D eigenvalue weighted by atomic mass is 9.82. The second-order valence-corrected chi connectivity index (χ2v) is 4.24. The standard InChI is InChI=1S/C12H15F2N.ClH/c1-8-7-15-5-4-10(8)11-3-2-9(13)6-12(11)14;/h2-3,6,8,10,15H,4-5,7H2,1H3;1H/t8-,10+;/m0./s1. The predicted molar refractivity (Wildman–Crippen MR) is 63.0 cm³/mol. The fourth-order valence-electron chi connectivity index (χ4n) is 2.28. The van der Waals surface area contributed by atoms with Crippen molar-refractivity contribution >= 4 is 12.4 Å². The smallest absolute Gasteiger partial charge is 0.129 e. The van der Waals surface area contributed by atoms with E-state index in [1.807, 2.05) is 0 Å². The Labute approximate surface area is 101 Å². The Bertz CT molecular complexity index is 357. The molecule has 1 fully saturated rings. The first kappa shape index (κ1) is 13.4. The van der Waals surface area contributed by atoms with Crippen molar-refractivity contribution in [3.63, 3.8) is 0 Å². The van der Waals surface area contributed by atoms with Crippen LogP contribution < -0.4 is 5.32 Å². The van der Waals surface area contributed by atoms with Gasteiger partial charge in [0, 0.05) is 6.07 Å². The Kier molecular flexibility index (Phi) is 4.69. The van der Waals surface area contributed by atoms with Gasteiger partial charge in [-0.25, -0.2) is 8.78 Å². The molecule has 0 aliphatic carbocycles. The molecule has 1 aromatic rings. The summed E-state index contributed by atoms with van der Waals surface area (Å²) in [5, 5.41) is 3.27. The van der Waals surface area contributed by atoms with E-state index in [1.165, 1.54) is 6.07 Å². The zero-order valence-electron chi connectivity index (χ0n) is 9.17. The Morgan fingerprint density at radius 2 is 2.06 bits per heavy atom. The topological polar surface area (TPSA) is 12.0 Å². The lowest BCUT2D eigenvalue weighted by Crippen LogP contribution is -2.34. The molecule has 4 heteroatoms. The first-order valence-corrected chi connectivity index (χ1v) is 5.34. The largest absolute Gasteiger partial charge is 0.316 e. The Morgan fingerprint density at radius 1 is 1.31 bits per heavy atom. The number of nitrogens with one attached hydrogen (secondary N) is 1. The van der Waals surface area contributed by atoms with Crippen molar-refractivity contribution in [1.29, 1.82) is 0 Å². The van der Waals surface area contributed by atoms with Crippen molar-refractivity contribution < 1.29 is 8.78 Å².